The van der Waals surface area contributed by atoms with Gasteiger partial charge in [-0.2, -0.15) is 0 Å². The Kier molecular flexibility index (Phi) is 10.0. The highest BCUT2D eigenvalue weighted by molar-refractivity contribution is 8.77. The normalized spacial score (nSPS) is 15.9. The van der Waals surface area contributed by atoms with Crippen LogP contribution < -0.4 is 0 Å². The SMILES string of the molecule is CCCCC(CCC)[C@@H](CC)SSC(C)(C)C. The van der Waals surface area contributed by atoms with Gasteiger partial charge in [-0.05, 0) is 25.2 Å². The first-order valence-electron chi connectivity index (χ1n) is 7.29. The van der Waals surface area contributed by atoms with Crippen LogP contribution in [-0.4, -0.2) is 10.00 Å². The third kappa shape index (κ3) is 9.30. The Balaban J connectivity index is 4.23. The van der Waals surface area contributed by atoms with Crippen molar-refractivity contribution in [1.82, 2.24) is 0 Å². The van der Waals surface area contributed by atoms with E-state index in [9.17, 15) is 0 Å². The molecule has 0 fully saturated rings. The maximum atomic E-state index is 2.36. The molecule has 0 aliphatic rings. The lowest BCUT2D eigenvalue weighted by molar-refractivity contribution is 0.410. The van der Waals surface area contributed by atoms with E-state index >= 15 is 0 Å². The van der Waals surface area contributed by atoms with E-state index in [1.807, 2.05) is 0 Å². The molecule has 2 heteroatoms. The molecule has 17 heavy (non-hydrogen) atoms. The third-order valence-corrected chi connectivity index (χ3v) is 7.03. The van der Waals surface area contributed by atoms with E-state index < -0.39 is 0 Å². The molecule has 0 bridgehead atoms. The molecule has 0 rings (SSSR count). The lowest BCUT2D eigenvalue weighted by Crippen LogP contribution is -2.17. The van der Waals surface area contributed by atoms with Crippen molar-refractivity contribution < 1.29 is 0 Å². The summed E-state index contributed by atoms with van der Waals surface area (Å²) in [4.78, 5) is 0. The van der Waals surface area contributed by atoms with Crippen molar-refractivity contribution in [1.29, 1.82) is 0 Å². The minimum atomic E-state index is 0.388. The lowest BCUT2D eigenvalue weighted by atomic mass is 9.92. The summed E-state index contributed by atoms with van der Waals surface area (Å²) in [6.07, 6.45) is 8.25. The van der Waals surface area contributed by atoms with Crippen molar-refractivity contribution in [3.05, 3.63) is 0 Å². The van der Waals surface area contributed by atoms with E-state index in [4.69, 9.17) is 0 Å². The topological polar surface area (TPSA) is 0 Å². The Morgan fingerprint density at radius 1 is 0.941 bits per heavy atom. The van der Waals surface area contributed by atoms with Gasteiger partial charge in [0.05, 0.1) is 0 Å². The average molecular weight is 277 g/mol. The number of rotatable bonds is 9. The van der Waals surface area contributed by atoms with Crippen LogP contribution in [0.15, 0.2) is 0 Å². The highest BCUT2D eigenvalue weighted by Crippen LogP contribution is 2.43. The van der Waals surface area contributed by atoms with Gasteiger partial charge in [0.2, 0.25) is 0 Å². The summed E-state index contributed by atoms with van der Waals surface area (Å²) in [6, 6.07) is 0. The minimum Gasteiger partial charge on any atom is -0.0899 e. The monoisotopic (exact) mass is 276 g/mol. The molecule has 2 atom stereocenters. The molecule has 0 aromatic carbocycles. The van der Waals surface area contributed by atoms with E-state index in [0.29, 0.717) is 4.75 Å². The van der Waals surface area contributed by atoms with Gasteiger partial charge in [0.1, 0.15) is 0 Å². The van der Waals surface area contributed by atoms with Crippen LogP contribution in [-0.2, 0) is 0 Å². The van der Waals surface area contributed by atoms with Gasteiger partial charge < -0.3 is 0 Å². The average Bonchev–Trinajstić information content (AvgIpc) is 2.25. The molecule has 0 N–H and O–H groups in total. The van der Waals surface area contributed by atoms with Crippen molar-refractivity contribution in [2.75, 3.05) is 0 Å². The molecule has 0 saturated heterocycles. The van der Waals surface area contributed by atoms with Gasteiger partial charge >= 0.3 is 0 Å². The molecule has 0 aromatic rings. The summed E-state index contributed by atoms with van der Waals surface area (Å²) in [6.45, 7) is 13.9. The third-order valence-electron chi connectivity index (χ3n) is 2.94. The van der Waals surface area contributed by atoms with E-state index in [0.717, 1.165) is 11.2 Å². The Morgan fingerprint density at radius 2 is 1.59 bits per heavy atom. The Bertz CT molecular complexity index is 172. The summed E-state index contributed by atoms with van der Waals surface area (Å²) in [5.74, 6) is 0.935. The van der Waals surface area contributed by atoms with Crippen molar-refractivity contribution in [3.8, 4) is 0 Å². The second-order valence-electron chi connectivity index (χ2n) is 5.93. The van der Waals surface area contributed by atoms with Gasteiger partial charge in [-0.1, -0.05) is 82.4 Å². The lowest BCUT2D eigenvalue weighted by Gasteiger charge is -2.28. The van der Waals surface area contributed by atoms with Gasteiger partial charge in [0.25, 0.3) is 0 Å². The van der Waals surface area contributed by atoms with Crippen LogP contribution >= 0.6 is 21.6 Å². The molecule has 0 nitrogen and oxygen atoms in total. The molecular formula is C15H32S2. The first-order valence-corrected chi connectivity index (χ1v) is 9.50. The summed E-state index contributed by atoms with van der Waals surface area (Å²) in [5, 5.41) is 0.853. The molecule has 0 aromatic heterocycles. The van der Waals surface area contributed by atoms with E-state index in [1.54, 1.807) is 0 Å². The zero-order valence-corrected chi connectivity index (χ0v) is 14.3. The van der Waals surface area contributed by atoms with Crippen LogP contribution in [0.2, 0.25) is 0 Å². The van der Waals surface area contributed by atoms with Crippen molar-refractivity contribution in [3.63, 3.8) is 0 Å². The van der Waals surface area contributed by atoms with Crippen LogP contribution in [0.25, 0.3) is 0 Å². The smallest absolute Gasteiger partial charge is 0.0179 e. The second-order valence-corrected chi connectivity index (χ2v) is 9.20. The van der Waals surface area contributed by atoms with Crippen LogP contribution in [0, 0.1) is 5.92 Å². The molecule has 0 aliphatic heterocycles. The zero-order chi connectivity index (χ0) is 13.3. The van der Waals surface area contributed by atoms with E-state index in [2.05, 4.69) is 63.1 Å². The van der Waals surface area contributed by atoms with Crippen molar-refractivity contribution in [2.24, 2.45) is 5.92 Å². The Morgan fingerprint density at radius 3 is 2.00 bits per heavy atom. The van der Waals surface area contributed by atoms with Gasteiger partial charge in [-0.25, -0.2) is 0 Å². The van der Waals surface area contributed by atoms with Crippen LogP contribution in [0.5, 0.6) is 0 Å². The fourth-order valence-electron chi connectivity index (χ4n) is 2.04. The van der Waals surface area contributed by atoms with Crippen LogP contribution in [0.1, 0.15) is 80.1 Å². The largest absolute Gasteiger partial charge is 0.0899 e. The molecule has 1 unspecified atom stereocenters. The molecule has 0 amide bonds. The van der Waals surface area contributed by atoms with E-state index in [1.165, 1.54) is 38.5 Å². The van der Waals surface area contributed by atoms with E-state index in [-0.39, 0.29) is 0 Å². The molecule has 0 heterocycles. The van der Waals surface area contributed by atoms with Gasteiger partial charge in [-0.15, -0.1) is 0 Å². The molecule has 104 valence electrons. The first kappa shape index (κ1) is 17.7. The number of unbranched alkanes of at least 4 members (excludes halogenated alkanes) is 1. The highest BCUT2D eigenvalue weighted by atomic mass is 33.1. The van der Waals surface area contributed by atoms with Crippen LogP contribution in [0.3, 0.4) is 0 Å². The fourth-order valence-corrected chi connectivity index (χ4v) is 5.13. The van der Waals surface area contributed by atoms with Gasteiger partial charge in [0, 0.05) is 10.00 Å². The maximum Gasteiger partial charge on any atom is 0.0179 e. The maximum absolute atomic E-state index is 2.36. The molecule has 0 spiro atoms. The van der Waals surface area contributed by atoms with Gasteiger partial charge in [-0.3, -0.25) is 0 Å². The standard InChI is InChI=1S/C15H32S2/c1-7-10-12-13(11-8-2)14(9-3)16-17-15(4,5)6/h13-14H,7-12H2,1-6H3/t13?,14-/m1/s1. The van der Waals surface area contributed by atoms with Crippen LogP contribution in [0.4, 0.5) is 0 Å². The highest BCUT2D eigenvalue weighted by Gasteiger charge is 2.22. The number of hydrogen-bond acceptors (Lipinski definition) is 2. The predicted molar refractivity (Wildman–Crippen MR) is 86.9 cm³/mol. The molecule has 0 radical (unpaired) electrons. The predicted octanol–water partition coefficient (Wildman–Crippen LogP) is 6.55. The summed E-state index contributed by atoms with van der Waals surface area (Å²) in [5.41, 5.74) is 0. The summed E-state index contributed by atoms with van der Waals surface area (Å²) < 4.78 is 0.388. The fraction of sp³-hybridized carbons (Fsp3) is 1.00. The minimum absolute atomic E-state index is 0.388. The molecule has 0 saturated carbocycles. The Labute approximate surface area is 117 Å². The number of hydrogen-bond donors (Lipinski definition) is 0. The quantitative estimate of drug-likeness (QED) is 0.438. The van der Waals surface area contributed by atoms with Crippen molar-refractivity contribution in [2.45, 2.75) is 90.1 Å². The van der Waals surface area contributed by atoms with Crippen molar-refractivity contribution >= 4 is 21.6 Å². The zero-order valence-electron chi connectivity index (χ0n) is 12.7. The Hall–Kier alpha value is 0.700. The summed E-state index contributed by atoms with van der Waals surface area (Å²) in [7, 11) is 4.21. The molecular weight excluding hydrogens is 244 g/mol. The molecule has 0 aliphatic carbocycles. The summed E-state index contributed by atoms with van der Waals surface area (Å²) >= 11 is 0. The van der Waals surface area contributed by atoms with Gasteiger partial charge in [0.15, 0.2) is 0 Å². The first-order chi connectivity index (χ1) is 7.94. The second kappa shape index (κ2) is 9.61.